The maximum absolute atomic E-state index is 15.6. The van der Waals surface area contributed by atoms with Crippen LogP contribution in [-0.2, 0) is 140 Å². The molecule has 0 bridgehead atoms. The Balaban J connectivity index is 0.724. The van der Waals surface area contributed by atoms with Crippen LogP contribution in [0.1, 0.15) is 96.4 Å². The van der Waals surface area contributed by atoms with Gasteiger partial charge in [-0.15, -0.1) is 0 Å². The fourth-order valence-corrected chi connectivity index (χ4v) is 12.7. The lowest BCUT2D eigenvalue weighted by molar-refractivity contribution is -0.172. The summed E-state index contributed by atoms with van der Waals surface area (Å²) in [5, 5.41) is 33.1. The summed E-state index contributed by atoms with van der Waals surface area (Å²) in [6.07, 6.45) is 6.91. The van der Waals surface area contributed by atoms with Crippen LogP contribution in [0.25, 0.3) is 22.3 Å². The van der Waals surface area contributed by atoms with Gasteiger partial charge in [-0.3, -0.25) is 38.4 Å². The molecule has 0 radical (unpaired) electrons. The number of cyclic esters (lactones) is 1. The molecule has 5 heterocycles. The SMILES string of the molecule is CC[C@@]1(O)C(=O)OCc2c1cc1n(c2=O)Cc2c-1nc1cc(F)c3c(c1c2CNC(=O)COCNC(=O)CNC(=O)[C@H](Cc1ccccc1)NC(=O)CNC(=O)CNC(=O)CC[C@H](NCCCCC#Cc1cnc(S(C)(=O)=O)nc1)C(=O)NCCOCCOCCOCCOCCOCCOCCOCCOC)CCC3. The van der Waals surface area contributed by atoms with Crippen LogP contribution in [0.2, 0.25) is 0 Å². The first kappa shape index (κ1) is 87.2. The number of ether oxygens (including phenoxy) is 10. The Morgan fingerprint density at radius 2 is 1.28 bits per heavy atom. The fraction of sp³-hybridized carbons (Fsp3) is 0.547. The molecule has 2 aliphatic heterocycles. The number of halogens is 1. The van der Waals surface area contributed by atoms with Crippen molar-refractivity contribution < 1.29 is 104 Å². The smallest absolute Gasteiger partial charge is 0.343 e. The van der Waals surface area contributed by atoms with E-state index in [2.05, 4.69) is 64.3 Å². The molecule has 2 aromatic carbocycles. The topological polar surface area (TPSA) is 440 Å². The van der Waals surface area contributed by atoms with Gasteiger partial charge in [-0.2, -0.15) is 0 Å². The van der Waals surface area contributed by atoms with Crippen molar-refractivity contribution in [3.05, 3.63) is 116 Å². The van der Waals surface area contributed by atoms with E-state index in [1.165, 1.54) is 23.0 Å². The molecular weight excluding hydrogens is 1470 g/mol. The number of nitrogens with zero attached hydrogens (tertiary/aromatic N) is 4. The molecule has 111 heavy (non-hydrogen) atoms. The van der Waals surface area contributed by atoms with Crippen LogP contribution in [0, 0.1) is 17.7 Å². The van der Waals surface area contributed by atoms with E-state index in [0.29, 0.717) is 181 Å². The first-order valence-corrected chi connectivity index (χ1v) is 38.7. The minimum atomic E-state index is -3.56. The number of hydrogen-bond donors (Lipinski definition) is 9. The van der Waals surface area contributed by atoms with Crippen molar-refractivity contribution in [1.82, 2.24) is 62.1 Å². The second-order valence-corrected chi connectivity index (χ2v) is 27.8. The molecule has 9 N–H and O–H groups in total. The molecule has 604 valence electrons. The lowest BCUT2D eigenvalue weighted by atomic mass is 9.86. The van der Waals surface area contributed by atoms with Crippen molar-refractivity contribution in [2.75, 3.05) is 159 Å². The zero-order valence-electron chi connectivity index (χ0n) is 62.7. The molecule has 8 rings (SSSR count). The molecule has 5 aromatic rings. The summed E-state index contributed by atoms with van der Waals surface area (Å²) in [6.45, 7) is 5.09. The Morgan fingerprint density at radius 1 is 0.676 bits per heavy atom. The lowest BCUT2D eigenvalue weighted by Crippen LogP contribution is -2.52. The molecule has 1 aliphatic carbocycles. The van der Waals surface area contributed by atoms with E-state index in [-0.39, 0.29) is 81.4 Å². The van der Waals surface area contributed by atoms with E-state index in [9.17, 15) is 56.7 Å². The number of amides is 7. The molecule has 0 saturated heterocycles. The molecule has 34 nitrogen and oxygen atoms in total. The average molecular weight is 1570 g/mol. The third kappa shape index (κ3) is 27.5. The van der Waals surface area contributed by atoms with Gasteiger partial charge in [0.15, 0.2) is 5.60 Å². The molecule has 0 spiro atoms. The van der Waals surface area contributed by atoms with Gasteiger partial charge in [0, 0.05) is 80.7 Å². The highest BCUT2D eigenvalue weighted by Crippen LogP contribution is 2.43. The van der Waals surface area contributed by atoms with Gasteiger partial charge in [0.25, 0.3) is 5.56 Å². The van der Waals surface area contributed by atoms with Crippen molar-refractivity contribution >= 4 is 68.1 Å². The Morgan fingerprint density at radius 3 is 1.93 bits per heavy atom. The van der Waals surface area contributed by atoms with Crippen LogP contribution in [0.4, 0.5) is 4.39 Å². The number of aromatic nitrogens is 4. The van der Waals surface area contributed by atoms with Crippen molar-refractivity contribution in [3.8, 4) is 23.2 Å². The van der Waals surface area contributed by atoms with Crippen LogP contribution >= 0.6 is 0 Å². The highest BCUT2D eigenvalue weighted by Gasteiger charge is 2.46. The number of carbonyl (C=O) groups is 8. The number of carbonyl (C=O) groups excluding carboxylic acids is 8. The first-order valence-electron chi connectivity index (χ1n) is 36.8. The van der Waals surface area contributed by atoms with Gasteiger partial charge in [-0.1, -0.05) is 49.1 Å². The van der Waals surface area contributed by atoms with E-state index in [4.69, 9.17) is 52.4 Å². The van der Waals surface area contributed by atoms with Gasteiger partial charge in [0.2, 0.25) is 56.3 Å². The zero-order chi connectivity index (χ0) is 79.4. The maximum atomic E-state index is 15.6. The number of sulfone groups is 1. The Bertz CT molecular complexity index is 4220. The second kappa shape index (κ2) is 45.8. The number of fused-ring (bicyclic) bond motifs is 7. The standard InChI is InChI=1S/C75H99FN12O22S/c1-4-75(98)57-38-62-69-55(46-88(62)72(96)56(57)47-110-73(75)97)54(68-53-17-12-16-52(53)58(76)39-60(68)87-69)42-79-67(93)48-109-49-85-65(91)44-82-71(95)61(37-50-13-9-7-10-14-50)86-66(92)45-81-64(90)43-80-63(89)19-18-59(77-20-11-6-5-8-15-51-40-83-74(84-41-51)111(3,99)100)70(94)78-21-22-102-25-26-104-29-30-106-33-34-108-36-35-107-32-31-105-28-27-103-24-23-101-2/h7,9-10,13-14,38-41,59,61,77,98H,4-6,11-12,16-37,42-49H2,1-3H3,(H,78,94)(H,79,93)(H,80,89)(H,81,90)(H,82,95)(H,85,91)(H,86,92)/t59-,61-,75-/m0/s1. The summed E-state index contributed by atoms with van der Waals surface area (Å²) in [5.41, 5.74) is 2.22. The molecule has 7 amide bonds. The third-order valence-electron chi connectivity index (χ3n) is 17.9. The number of aliphatic hydroxyl groups is 1. The molecule has 0 fully saturated rings. The van der Waals surface area contributed by atoms with Crippen LogP contribution < -0.4 is 48.1 Å². The summed E-state index contributed by atoms with van der Waals surface area (Å²) < 4.78 is 94.6. The molecule has 36 heteroatoms. The van der Waals surface area contributed by atoms with Crippen LogP contribution in [0.3, 0.4) is 0 Å². The fourth-order valence-electron chi connectivity index (χ4n) is 12.2. The normalized spacial score (nSPS) is 14.5. The number of pyridine rings is 2. The van der Waals surface area contributed by atoms with Gasteiger partial charge in [0.05, 0.1) is 159 Å². The van der Waals surface area contributed by atoms with E-state index >= 15 is 4.39 Å². The van der Waals surface area contributed by atoms with E-state index in [0.717, 1.165) is 11.8 Å². The van der Waals surface area contributed by atoms with E-state index in [1.807, 2.05) is 0 Å². The van der Waals surface area contributed by atoms with Crippen LogP contribution in [-0.4, -0.2) is 251 Å². The number of unbranched alkanes of at least 4 members (excludes halogenated alkanes) is 2. The quantitative estimate of drug-likeness (QED) is 0.00766. The largest absolute Gasteiger partial charge is 0.458 e. The number of rotatable bonds is 51. The van der Waals surface area contributed by atoms with Gasteiger partial charge in [0.1, 0.15) is 31.8 Å². The average Bonchev–Trinajstić information content (AvgIpc) is 1.59. The minimum absolute atomic E-state index is 0.0105. The summed E-state index contributed by atoms with van der Waals surface area (Å²) >= 11 is 0. The first-order chi connectivity index (χ1) is 53.7. The monoisotopic (exact) mass is 1570 g/mol. The molecule has 3 aliphatic rings. The maximum Gasteiger partial charge on any atom is 0.343 e. The second-order valence-electron chi connectivity index (χ2n) is 25.9. The molecule has 0 saturated carbocycles. The summed E-state index contributed by atoms with van der Waals surface area (Å²) in [5.74, 6) is 0.0773. The van der Waals surface area contributed by atoms with Crippen LogP contribution in [0.15, 0.2) is 64.8 Å². The predicted octanol–water partition coefficient (Wildman–Crippen LogP) is -0.477. The number of benzene rings is 2. The van der Waals surface area contributed by atoms with E-state index < -0.39 is 119 Å². The van der Waals surface area contributed by atoms with E-state index in [1.54, 1.807) is 50.4 Å². The Kier molecular flexibility index (Phi) is 36.0. The van der Waals surface area contributed by atoms with Crippen molar-refractivity contribution in [1.29, 1.82) is 0 Å². The van der Waals surface area contributed by atoms with Gasteiger partial charge >= 0.3 is 5.97 Å². The highest BCUT2D eigenvalue weighted by molar-refractivity contribution is 7.90. The Hall–Kier alpha value is -9.36. The predicted molar refractivity (Wildman–Crippen MR) is 396 cm³/mol. The number of nitrogens with one attached hydrogen (secondary N) is 8. The summed E-state index contributed by atoms with van der Waals surface area (Å²) in [4.78, 5) is 132. The van der Waals surface area contributed by atoms with Crippen molar-refractivity contribution in [3.63, 3.8) is 0 Å². The van der Waals surface area contributed by atoms with Crippen molar-refractivity contribution in [2.24, 2.45) is 0 Å². The van der Waals surface area contributed by atoms with Gasteiger partial charge < -0.3 is 99.6 Å². The molecule has 3 aromatic heterocycles. The summed E-state index contributed by atoms with van der Waals surface area (Å²) in [7, 11) is -1.95. The third-order valence-corrected chi connectivity index (χ3v) is 18.8. The minimum Gasteiger partial charge on any atom is -0.458 e. The lowest BCUT2D eigenvalue weighted by Gasteiger charge is -2.31. The summed E-state index contributed by atoms with van der Waals surface area (Å²) in [6, 6.07) is 9.52. The van der Waals surface area contributed by atoms with Crippen LogP contribution in [0.5, 0.6) is 0 Å². The highest BCUT2D eigenvalue weighted by atomic mass is 32.2. The number of aryl methyl sites for hydroxylation is 1. The molecule has 3 atom stereocenters. The van der Waals surface area contributed by atoms with Gasteiger partial charge in [-0.25, -0.2) is 32.6 Å². The van der Waals surface area contributed by atoms with Crippen molar-refractivity contribution in [2.45, 2.75) is 114 Å². The number of esters is 1. The molecule has 0 unspecified atom stereocenters. The Labute approximate surface area is 642 Å². The van der Waals surface area contributed by atoms with Gasteiger partial charge in [-0.05, 0) is 79.8 Å². The number of hydrogen-bond acceptors (Lipinski definition) is 26. The zero-order valence-corrected chi connectivity index (χ0v) is 63.5. The number of methoxy groups -OCH3 is 1. The molecular formula is C75H99FN12O22S.